The average Bonchev–Trinajstić information content (AvgIpc) is 2.75. The van der Waals surface area contributed by atoms with E-state index in [4.69, 9.17) is 4.42 Å². The Morgan fingerprint density at radius 1 is 1.00 bits per heavy atom. The molecule has 100 valence electrons. The maximum Gasteiger partial charge on any atom is 0.136 e. The van der Waals surface area contributed by atoms with Crippen LogP contribution in [0, 0.1) is 0 Å². The minimum atomic E-state index is -0.0782. The lowest BCUT2D eigenvalue weighted by atomic mass is 9.97. The van der Waals surface area contributed by atoms with Crippen molar-refractivity contribution < 1.29 is 4.42 Å². The molecule has 0 bridgehead atoms. The van der Waals surface area contributed by atoms with Crippen molar-refractivity contribution in [2.24, 2.45) is 0 Å². The van der Waals surface area contributed by atoms with Crippen LogP contribution < -0.4 is 0 Å². The van der Waals surface area contributed by atoms with E-state index in [0.717, 1.165) is 11.2 Å². The number of benzene rings is 2. The molecule has 2 heteroatoms. The van der Waals surface area contributed by atoms with E-state index in [0.29, 0.717) is 5.92 Å². The molecule has 1 heterocycles. The summed E-state index contributed by atoms with van der Waals surface area (Å²) >= 11 is 0. The molecule has 0 unspecified atom stereocenters. The molecule has 0 aliphatic rings. The van der Waals surface area contributed by atoms with E-state index in [-0.39, 0.29) is 10.9 Å². The van der Waals surface area contributed by atoms with E-state index in [2.05, 4.69) is 62.8 Å². The molecule has 0 saturated carbocycles. The third-order valence-corrected chi connectivity index (χ3v) is 4.96. The van der Waals surface area contributed by atoms with Crippen LogP contribution in [0.2, 0.25) is 0 Å². The molecule has 0 spiro atoms. The third kappa shape index (κ3) is 2.04. The number of rotatable bonds is 2. The summed E-state index contributed by atoms with van der Waals surface area (Å²) in [5, 5.41) is 2.54. The maximum absolute atomic E-state index is 6.04. The van der Waals surface area contributed by atoms with Crippen LogP contribution in [0.4, 0.5) is 0 Å². The summed E-state index contributed by atoms with van der Waals surface area (Å²) < 4.78 is 6.04. The minimum Gasteiger partial charge on any atom is -0.456 e. The number of thiol groups is 1. The molecule has 0 N–H and O–H groups in total. The van der Waals surface area contributed by atoms with Crippen LogP contribution >= 0.6 is 10.9 Å². The molecule has 0 atom stereocenters. The number of hydrogen-bond donors (Lipinski definition) is 1. The Bertz CT molecular complexity index is 737. The SMILES string of the molecule is CC(C)c1cccc2oc3cc([SH](C)C)ccc3c12. The highest BCUT2D eigenvalue weighted by atomic mass is 32.2. The molecule has 0 aliphatic carbocycles. The van der Waals surface area contributed by atoms with Gasteiger partial charge in [0.15, 0.2) is 0 Å². The molecule has 3 aromatic rings. The first kappa shape index (κ1) is 12.6. The summed E-state index contributed by atoms with van der Waals surface area (Å²) in [6.07, 6.45) is 4.55. The highest BCUT2D eigenvalue weighted by Crippen LogP contribution is 2.38. The van der Waals surface area contributed by atoms with Gasteiger partial charge < -0.3 is 4.42 Å². The smallest absolute Gasteiger partial charge is 0.136 e. The van der Waals surface area contributed by atoms with E-state index in [1.165, 1.54) is 21.2 Å². The molecule has 0 radical (unpaired) electrons. The van der Waals surface area contributed by atoms with E-state index in [9.17, 15) is 0 Å². The average molecular weight is 272 g/mol. The molecule has 0 amide bonds. The lowest BCUT2D eigenvalue weighted by molar-refractivity contribution is 0.667. The number of furan rings is 1. The van der Waals surface area contributed by atoms with Crippen LogP contribution in [-0.4, -0.2) is 12.5 Å². The van der Waals surface area contributed by atoms with Crippen LogP contribution in [0.5, 0.6) is 0 Å². The molecule has 19 heavy (non-hydrogen) atoms. The van der Waals surface area contributed by atoms with Crippen molar-refractivity contribution >= 4 is 32.8 Å². The van der Waals surface area contributed by atoms with Crippen molar-refractivity contribution in [2.45, 2.75) is 24.7 Å². The quantitative estimate of drug-likeness (QED) is 0.622. The topological polar surface area (TPSA) is 13.1 Å². The van der Waals surface area contributed by atoms with Gasteiger partial charge in [-0.05, 0) is 53.2 Å². The molecular weight excluding hydrogens is 252 g/mol. The van der Waals surface area contributed by atoms with Crippen molar-refractivity contribution in [1.82, 2.24) is 0 Å². The van der Waals surface area contributed by atoms with Crippen molar-refractivity contribution in [3.63, 3.8) is 0 Å². The van der Waals surface area contributed by atoms with Gasteiger partial charge in [0, 0.05) is 10.8 Å². The summed E-state index contributed by atoms with van der Waals surface area (Å²) in [6, 6.07) is 13.1. The van der Waals surface area contributed by atoms with Gasteiger partial charge in [0.2, 0.25) is 0 Å². The van der Waals surface area contributed by atoms with Crippen LogP contribution in [0.1, 0.15) is 25.3 Å². The molecule has 1 aromatic heterocycles. The van der Waals surface area contributed by atoms with E-state index in [1.807, 2.05) is 0 Å². The zero-order valence-corrected chi connectivity index (χ0v) is 12.8. The van der Waals surface area contributed by atoms with Crippen LogP contribution in [0.25, 0.3) is 21.9 Å². The number of fused-ring (bicyclic) bond motifs is 3. The van der Waals surface area contributed by atoms with E-state index in [1.54, 1.807) is 0 Å². The zero-order valence-electron chi connectivity index (χ0n) is 11.9. The summed E-state index contributed by atoms with van der Waals surface area (Å²) in [7, 11) is -0.0782. The van der Waals surface area contributed by atoms with Gasteiger partial charge in [-0.15, -0.1) is 0 Å². The lowest BCUT2D eigenvalue weighted by Gasteiger charge is -2.09. The van der Waals surface area contributed by atoms with Crippen molar-refractivity contribution in [3.05, 3.63) is 42.0 Å². The summed E-state index contributed by atoms with van der Waals surface area (Å²) in [6.45, 7) is 4.47. The second kappa shape index (κ2) is 4.61. The van der Waals surface area contributed by atoms with Gasteiger partial charge in [-0.1, -0.05) is 26.0 Å². The Hall–Kier alpha value is -1.41. The van der Waals surface area contributed by atoms with Gasteiger partial charge >= 0.3 is 0 Å². The van der Waals surface area contributed by atoms with Crippen molar-refractivity contribution in [1.29, 1.82) is 0 Å². The van der Waals surface area contributed by atoms with Gasteiger partial charge in [-0.25, -0.2) is 10.9 Å². The molecule has 3 rings (SSSR count). The molecule has 0 fully saturated rings. The fourth-order valence-corrected chi connectivity index (χ4v) is 3.35. The predicted molar refractivity (Wildman–Crippen MR) is 86.9 cm³/mol. The molecular formula is C17H20OS. The summed E-state index contributed by atoms with van der Waals surface area (Å²) in [4.78, 5) is 1.40. The van der Waals surface area contributed by atoms with E-state index >= 15 is 0 Å². The predicted octanol–water partition coefficient (Wildman–Crippen LogP) is 5.33. The van der Waals surface area contributed by atoms with Gasteiger partial charge in [-0.3, -0.25) is 0 Å². The second-order valence-electron chi connectivity index (χ2n) is 5.55. The Morgan fingerprint density at radius 3 is 2.47 bits per heavy atom. The highest BCUT2D eigenvalue weighted by Gasteiger charge is 2.13. The fraction of sp³-hybridized carbons (Fsp3) is 0.294. The second-order valence-corrected chi connectivity index (χ2v) is 7.86. The van der Waals surface area contributed by atoms with Crippen LogP contribution in [0.3, 0.4) is 0 Å². The first-order chi connectivity index (χ1) is 9.08. The zero-order chi connectivity index (χ0) is 13.6. The maximum atomic E-state index is 6.04. The van der Waals surface area contributed by atoms with E-state index < -0.39 is 0 Å². The molecule has 2 aromatic carbocycles. The Morgan fingerprint density at radius 2 is 1.79 bits per heavy atom. The standard InChI is InChI=1S/C17H20OS/c1-11(2)13-6-5-7-15-17(13)14-9-8-12(19(3)4)10-16(14)18-15/h5-11,19H,1-4H3. The number of hydrogen-bond acceptors (Lipinski definition) is 1. The van der Waals surface area contributed by atoms with Crippen molar-refractivity contribution in [2.75, 3.05) is 12.5 Å². The minimum absolute atomic E-state index is 0.0782. The Balaban J connectivity index is 2.37. The fourth-order valence-electron chi connectivity index (χ4n) is 2.60. The van der Waals surface area contributed by atoms with Crippen LogP contribution in [-0.2, 0) is 0 Å². The van der Waals surface area contributed by atoms with Crippen LogP contribution in [0.15, 0.2) is 45.7 Å². The first-order valence-corrected chi connectivity index (χ1v) is 8.94. The largest absolute Gasteiger partial charge is 0.456 e. The highest BCUT2D eigenvalue weighted by molar-refractivity contribution is 8.15. The monoisotopic (exact) mass is 272 g/mol. The summed E-state index contributed by atoms with van der Waals surface area (Å²) in [5.41, 5.74) is 3.41. The summed E-state index contributed by atoms with van der Waals surface area (Å²) in [5.74, 6) is 0.513. The Kier molecular flexibility index (Phi) is 3.06. The first-order valence-electron chi connectivity index (χ1n) is 6.70. The van der Waals surface area contributed by atoms with Gasteiger partial charge in [0.1, 0.15) is 11.2 Å². The normalized spacial score (nSPS) is 12.6. The van der Waals surface area contributed by atoms with Gasteiger partial charge in [0.05, 0.1) is 0 Å². The van der Waals surface area contributed by atoms with Gasteiger partial charge in [0.25, 0.3) is 0 Å². The molecule has 1 nitrogen and oxygen atoms in total. The molecule has 0 saturated heterocycles. The van der Waals surface area contributed by atoms with Crippen molar-refractivity contribution in [3.8, 4) is 0 Å². The third-order valence-electron chi connectivity index (χ3n) is 3.65. The lowest BCUT2D eigenvalue weighted by Crippen LogP contribution is -1.87. The Labute approximate surface area is 117 Å². The van der Waals surface area contributed by atoms with Gasteiger partial charge in [-0.2, -0.15) is 0 Å². The molecule has 0 aliphatic heterocycles.